The molecule has 158 valence electrons. The number of ether oxygens (including phenoxy) is 3. The Labute approximate surface area is 176 Å². The van der Waals surface area contributed by atoms with E-state index in [-0.39, 0.29) is 17.9 Å². The molecular weight excluding hydrogens is 384 g/mol. The predicted octanol–water partition coefficient (Wildman–Crippen LogP) is 3.26. The number of amides is 2. The number of carbonyl (C=O) groups excluding carboxylic acids is 2. The highest BCUT2D eigenvalue weighted by Crippen LogP contribution is 2.28. The molecule has 1 aliphatic rings. The summed E-state index contributed by atoms with van der Waals surface area (Å²) in [7, 11) is 3.12. The summed E-state index contributed by atoms with van der Waals surface area (Å²) in [5.41, 5.74) is 1.64. The smallest absolute Gasteiger partial charge is 0.253 e. The zero-order valence-electron chi connectivity index (χ0n) is 17.1. The SMILES string of the molecule is COc1ccc(/C=C/C(=O)Nc2ccccc2C(=O)NC[C@@H]2CCCO2)cc1OC. The summed E-state index contributed by atoms with van der Waals surface area (Å²) < 4.78 is 16.0. The quantitative estimate of drug-likeness (QED) is 0.653. The molecule has 1 heterocycles. The second kappa shape index (κ2) is 10.5. The van der Waals surface area contributed by atoms with E-state index < -0.39 is 0 Å². The normalized spacial score (nSPS) is 15.7. The lowest BCUT2D eigenvalue weighted by Gasteiger charge is -2.13. The number of rotatable bonds is 8. The van der Waals surface area contributed by atoms with Gasteiger partial charge in [0, 0.05) is 19.2 Å². The molecule has 7 nitrogen and oxygen atoms in total. The zero-order chi connectivity index (χ0) is 21.3. The summed E-state index contributed by atoms with van der Waals surface area (Å²) in [6.07, 6.45) is 5.08. The first kappa shape index (κ1) is 21.4. The Morgan fingerprint density at radius 3 is 2.67 bits per heavy atom. The van der Waals surface area contributed by atoms with Gasteiger partial charge in [0.05, 0.1) is 31.6 Å². The second-order valence-corrected chi connectivity index (χ2v) is 6.83. The highest BCUT2D eigenvalue weighted by molar-refractivity contribution is 6.07. The van der Waals surface area contributed by atoms with Gasteiger partial charge in [0.2, 0.25) is 5.91 Å². The van der Waals surface area contributed by atoms with E-state index >= 15 is 0 Å². The van der Waals surface area contributed by atoms with Crippen molar-refractivity contribution in [2.24, 2.45) is 0 Å². The standard InChI is InChI=1S/C23H26N2O5/c1-28-20-11-9-16(14-21(20)29-2)10-12-22(26)25-19-8-4-3-7-18(19)23(27)24-15-17-6-5-13-30-17/h3-4,7-12,14,17H,5-6,13,15H2,1-2H3,(H,24,27)(H,25,26)/b12-10+/t17-/m0/s1. The molecule has 2 amide bonds. The van der Waals surface area contributed by atoms with Crippen molar-refractivity contribution in [3.8, 4) is 11.5 Å². The van der Waals surface area contributed by atoms with Crippen LogP contribution in [0.4, 0.5) is 5.69 Å². The third-order valence-corrected chi connectivity index (χ3v) is 4.78. The molecule has 0 spiro atoms. The minimum atomic E-state index is -0.343. The minimum absolute atomic E-state index is 0.0557. The number of nitrogens with one attached hydrogen (secondary N) is 2. The van der Waals surface area contributed by atoms with Crippen molar-refractivity contribution in [3.63, 3.8) is 0 Å². The largest absolute Gasteiger partial charge is 0.493 e. The highest BCUT2D eigenvalue weighted by atomic mass is 16.5. The monoisotopic (exact) mass is 410 g/mol. The summed E-state index contributed by atoms with van der Waals surface area (Å²) in [6.45, 7) is 1.19. The van der Waals surface area contributed by atoms with Crippen LogP contribution in [0.1, 0.15) is 28.8 Å². The molecule has 0 unspecified atom stereocenters. The Morgan fingerprint density at radius 2 is 1.93 bits per heavy atom. The molecule has 1 atom stereocenters. The van der Waals surface area contributed by atoms with Crippen molar-refractivity contribution in [1.82, 2.24) is 5.32 Å². The molecule has 7 heteroatoms. The Bertz CT molecular complexity index is 920. The van der Waals surface area contributed by atoms with Gasteiger partial charge in [0.25, 0.3) is 5.91 Å². The lowest BCUT2D eigenvalue weighted by Crippen LogP contribution is -2.32. The van der Waals surface area contributed by atoms with E-state index in [4.69, 9.17) is 14.2 Å². The molecule has 1 saturated heterocycles. The second-order valence-electron chi connectivity index (χ2n) is 6.83. The minimum Gasteiger partial charge on any atom is -0.493 e. The first-order chi connectivity index (χ1) is 14.6. The van der Waals surface area contributed by atoms with Gasteiger partial charge in [-0.2, -0.15) is 0 Å². The first-order valence-electron chi connectivity index (χ1n) is 9.80. The van der Waals surface area contributed by atoms with Crippen molar-refractivity contribution < 1.29 is 23.8 Å². The van der Waals surface area contributed by atoms with Crippen molar-refractivity contribution >= 4 is 23.6 Å². The molecule has 1 aliphatic heterocycles. The summed E-state index contributed by atoms with van der Waals surface area (Å²) in [5.74, 6) is 0.602. The van der Waals surface area contributed by atoms with Crippen molar-refractivity contribution in [2.45, 2.75) is 18.9 Å². The van der Waals surface area contributed by atoms with E-state index in [0.717, 1.165) is 25.0 Å². The van der Waals surface area contributed by atoms with Crippen molar-refractivity contribution in [2.75, 3.05) is 32.7 Å². The Kier molecular flexibility index (Phi) is 7.45. The average Bonchev–Trinajstić information content (AvgIpc) is 3.30. The van der Waals surface area contributed by atoms with Crippen LogP contribution in [0.3, 0.4) is 0 Å². The molecule has 2 aromatic carbocycles. The molecule has 0 saturated carbocycles. The van der Waals surface area contributed by atoms with Gasteiger partial charge in [-0.3, -0.25) is 9.59 Å². The average molecular weight is 410 g/mol. The molecular formula is C23H26N2O5. The van der Waals surface area contributed by atoms with Crippen LogP contribution in [0.25, 0.3) is 6.08 Å². The van der Waals surface area contributed by atoms with E-state index in [1.807, 2.05) is 6.07 Å². The van der Waals surface area contributed by atoms with E-state index in [1.165, 1.54) is 6.08 Å². The van der Waals surface area contributed by atoms with Crippen LogP contribution in [0.15, 0.2) is 48.5 Å². The molecule has 0 aromatic heterocycles. The van der Waals surface area contributed by atoms with Gasteiger partial charge in [-0.05, 0) is 48.7 Å². The predicted molar refractivity (Wildman–Crippen MR) is 115 cm³/mol. The highest BCUT2D eigenvalue weighted by Gasteiger charge is 2.18. The molecule has 2 aromatic rings. The Hall–Kier alpha value is -3.32. The third kappa shape index (κ3) is 5.61. The number of para-hydroxylation sites is 1. The van der Waals surface area contributed by atoms with E-state index in [2.05, 4.69) is 10.6 Å². The number of carbonyl (C=O) groups is 2. The van der Waals surface area contributed by atoms with Crippen LogP contribution < -0.4 is 20.1 Å². The molecule has 1 fully saturated rings. The van der Waals surface area contributed by atoms with Crippen LogP contribution in [0.5, 0.6) is 11.5 Å². The summed E-state index contributed by atoms with van der Waals surface area (Å²) in [4.78, 5) is 25.0. The zero-order valence-corrected chi connectivity index (χ0v) is 17.1. The van der Waals surface area contributed by atoms with E-state index in [9.17, 15) is 9.59 Å². The van der Waals surface area contributed by atoms with Crippen LogP contribution >= 0.6 is 0 Å². The molecule has 0 bridgehead atoms. The van der Waals surface area contributed by atoms with Gasteiger partial charge in [-0.1, -0.05) is 18.2 Å². The first-order valence-corrected chi connectivity index (χ1v) is 9.80. The van der Waals surface area contributed by atoms with Crippen molar-refractivity contribution in [3.05, 3.63) is 59.7 Å². The summed E-state index contributed by atoms with van der Waals surface area (Å²) in [5, 5.41) is 5.64. The fourth-order valence-electron chi connectivity index (χ4n) is 3.20. The van der Waals surface area contributed by atoms with Gasteiger partial charge < -0.3 is 24.8 Å². The lowest BCUT2D eigenvalue weighted by atomic mass is 10.1. The van der Waals surface area contributed by atoms with Crippen LogP contribution in [0.2, 0.25) is 0 Å². The van der Waals surface area contributed by atoms with E-state index in [0.29, 0.717) is 29.3 Å². The Morgan fingerprint density at radius 1 is 1.13 bits per heavy atom. The maximum Gasteiger partial charge on any atom is 0.253 e. The molecule has 30 heavy (non-hydrogen) atoms. The maximum absolute atomic E-state index is 12.6. The number of methoxy groups -OCH3 is 2. The van der Waals surface area contributed by atoms with Crippen LogP contribution in [0, 0.1) is 0 Å². The topological polar surface area (TPSA) is 85.9 Å². The molecule has 0 radical (unpaired) electrons. The van der Waals surface area contributed by atoms with Gasteiger partial charge in [0.1, 0.15) is 0 Å². The number of benzene rings is 2. The number of hydrogen-bond donors (Lipinski definition) is 2. The van der Waals surface area contributed by atoms with Gasteiger partial charge in [-0.15, -0.1) is 0 Å². The van der Waals surface area contributed by atoms with Crippen LogP contribution in [-0.2, 0) is 9.53 Å². The van der Waals surface area contributed by atoms with E-state index in [1.54, 1.807) is 56.7 Å². The summed E-state index contributed by atoms with van der Waals surface area (Å²) in [6, 6.07) is 12.3. The number of anilines is 1. The molecule has 3 rings (SSSR count). The Balaban J connectivity index is 1.63. The van der Waals surface area contributed by atoms with Gasteiger partial charge in [0.15, 0.2) is 11.5 Å². The fraction of sp³-hybridized carbons (Fsp3) is 0.304. The summed E-state index contributed by atoms with van der Waals surface area (Å²) >= 11 is 0. The molecule has 0 aliphatic carbocycles. The number of hydrogen-bond acceptors (Lipinski definition) is 5. The van der Waals surface area contributed by atoms with Crippen LogP contribution in [-0.4, -0.2) is 45.3 Å². The van der Waals surface area contributed by atoms with Gasteiger partial charge in [-0.25, -0.2) is 0 Å². The van der Waals surface area contributed by atoms with Gasteiger partial charge >= 0.3 is 0 Å². The lowest BCUT2D eigenvalue weighted by molar-refractivity contribution is -0.111. The fourth-order valence-corrected chi connectivity index (χ4v) is 3.20. The van der Waals surface area contributed by atoms with Crippen molar-refractivity contribution in [1.29, 1.82) is 0 Å². The maximum atomic E-state index is 12.6. The third-order valence-electron chi connectivity index (χ3n) is 4.78. The molecule has 2 N–H and O–H groups in total.